The molecule has 54 heavy (non-hydrogen) atoms. The highest BCUT2D eigenvalue weighted by Crippen LogP contribution is 2.56. The fourth-order valence-electron chi connectivity index (χ4n) is 4.46. The molecular formula is C25H36N7O18P3S-4. The lowest BCUT2D eigenvalue weighted by atomic mass is 9.87. The molecule has 25 nitrogen and oxygen atoms in total. The molecule has 2 aromatic rings. The fourth-order valence-corrected chi connectivity index (χ4v) is 7.79. The van der Waals surface area contributed by atoms with Crippen LogP contribution in [0.5, 0.6) is 0 Å². The lowest BCUT2D eigenvalue weighted by Crippen LogP contribution is -2.46. The molecule has 1 saturated heterocycles. The van der Waals surface area contributed by atoms with Crippen LogP contribution in [0.15, 0.2) is 24.8 Å². The van der Waals surface area contributed by atoms with Crippen molar-refractivity contribution in [1.82, 2.24) is 30.2 Å². The Morgan fingerprint density at radius 1 is 1.11 bits per heavy atom. The number of imidazole rings is 1. The number of carbonyl (C=O) groups is 3. The van der Waals surface area contributed by atoms with Gasteiger partial charge in [0.15, 0.2) is 17.7 Å². The summed E-state index contributed by atoms with van der Waals surface area (Å²) in [5.74, 6) is -1.38. The monoisotopic (exact) mass is 847 g/mol. The third kappa shape index (κ3) is 13.8. The minimum atomic E-state index is -5.92. The Morgan fingerprint density at radius 3 is 2.46 bits per heavy atom. The number of nitrogen functional groups attached to an aromatic ring is 1. The smallest absolute Gasteiger partial charge is 0.274 e. The molecule has 29 heteroatoms. The summed E-state index contributed by atoms with van der Waals surface area (Å²) < 4.78 is 60.3. The number of fused-ring (bicyclic) bond motifs is 1. The number of hydrogen-bond acceptors (Lipinski definition) is 23. The Balaban J connectivity index is 1.51. The Kier molecular flexibility index (Phi) is 16.4. The van der Waals surface area contributed by atoms with Crippen molar-refractivity contribution >= 4 is 69.1 Å². The first-order valence-electron chi connectivity index (χ1n) is 15.3. The number of carbonyl (C=O) groups excluding carboxylic acids is 3. The van der Waals surface area contributed by atoms with E-state index in [1.807, 2.05) is 0 Å². The summed E-state index contributed by atoms with van der Waals surface area (Å²) in [6.45, 7) is -0.346. The second-order valence-corrected chi connectivity index (χ2v) is 16.9. The van der Waals surface area contributed by atoms with Gasteiger partial charge in [0, 0.05) is 30.7 Å². The number of nitrogens with zero attached hydrogens (tertiary/aromatic N) is 4. The number of ether oxygens (including phenoxy) is 1. The highest BCUT2D eigenvalue weighted by atomic mass is 32.2. The van der Waals surface area contributed by atoms with Crippen molar-refractivity contribution in [3.05, 3.63) is 24.8 Å². The predicted molar refractivity (Wildman–Crippen MR) is 174 cm³/mol. The number of rotatable bonds is 21. The van der Waals surface area contributed by atoms with Crippen molar-refractivity contribution in [3.8, 4) is 0 Å². The van der Waals surface area contributed by atoms with Gasteiger partial charge in [-0.15, -0.1) is 0 Å². The van der Waals surface area contributed by atoms with Gasteiger partial charge in [-0.05, 0) is 6.08 Å². The normalized spacial score (nSPS) is 22.2. The SMILES string of the molecule is CC(C)(COP(=O)([O-])OP(=O)([O-])OC[C@H]1O[C@@H](n2cnc3c(N)ncnc32)[C@H](O)[C@@H]1OP(=O)([O-])[O-])[C@@H](O)C(=O)NCCC(=O)NCCSC(=O)/C=C/CO. The zero-order valence-electron chi connectivity index (χ0n) is 28.2. The molecule has 0 saturated carbocycles. The Hall–Kier alpha value is -2.74. The minimum absolute atomic E-state index is 0.0267. The minimum Gasteiger partial charge on any atom is -0.790 e. The van der Waals surface area contributed by atoms with Gasteiger partial charge in [-0.1, -0.05) is 31.7 Å². The maximum absolute atomic E-state index is 12.5. The van der Waals surface area contributed by atoms with E-state index in [1.54, 1.807) is 0 Å². The van der Waals surface area contributed by atoms with Crippen LogP contribution < -0.4 is 35.9 Å². The standard InChI is InChI=1S/C25H40N7O18P3S/c1-25(2,20(37)23(38)28-6-5-15(34)27-7-9-54-16(35)4-3-8-33)11-47-53(44,45)50-52(42,43)46-10-14-19(49-51(39,40)41)18(36)24(48-14)32-13-31-17-21(26)29-12-30-22(17)32/h3-4,12-14,18-20,24,33,36-37H,5-11H2,1-2H3,(H,27,34)(H,28,38)(H,42,43)(H,44,45)(H2,26,29,30)(H2,39,40,41)/p-4/b4-3+/t14-,18-,19-,20+,24-/m1/s1. The largest absolute Gasteiger partial charge is 0.790 e. The van der Waals surface area contributed by atoms with Crippen LogP contribution in [0, 0.1) is 5.41 Å². The van der Waals surface area contributed by atoms with E-state index in [0.29, 0.717) is 0 Å². The number of phosphoric ester groups is 3. The van der Waals surface area contributed by atoms with Crippen molar-refractivity contribution in [2.24, 2.45) is 5.41 Å². The van der Waals surface area contributed by atoms with E-state index < -0.39 is 84.6 Å². The first-order valence-corrected chi connectivity index (χ1v) is 20.7. The molecule has 7 N–H and O–H groups in total. The molecule has 7 atom stereocenters. The lowest BCUT2D eigenvalue weighted by molar-refractivity contribution is -0.347. The number of anilines is 1. The maximum atomic E-state index is 12.5. The van der Waals surface area contributed by atoms with Crippen LogP contribution in [-0.2, 0) is 50.7 Å². The van der Waals surface area contributed by atoms with Crippen LogP contribution >= 0.6 is 35.2 Å². The van der Waals surface area contributed by atoms with Crippen LogP contribution in [0.25, 0.3) is 11.2 Å². The van der Waals surface area contributed by atoms with E-state index in [0.717, 1.165) is 29.0 Å². The molecule has 1 aliphatic rings. The molecule has 3 heterocycles. The Labute approximate surface area is 310 Å². The van der Waals surface area contributed by atoms with Gasteiger partial charge in [0.2, 0.25) is 16.9 Å². The summed E-state index contributed by atoms with van der Waals surface area (Å²) in [5, 5.41) is 34.3. The first kappa shape index (κ1) is 45.6. The molecule has 0 bridgehead atoms. The van der Waals surface area contributed by atoms with E-state index in [1.165, 1.54) is 26.0 Å². The summed E-state index contributed by atoms with van der Waals surface area (Å²) >= 11 is 0.901. The number of thioether (sulfide) groups is 1. The highest BCUT2D eigenvalue weighted by molar-refractivity contribution is 8.14. The average Bonchev–Trinajstić information content (AvgIpc) is 3.63. The van der Waals surface area contributed by atoms with Crippen molar-refractivity contribution in [3.63, 3.8) is 0 Å². The molecule has 2 amide bonds. The first-order chi connectivity index (χ1) is 25.1. The van der Waals surface area contributed by atoms with Gasteiger partial charge in [0.1, 0.15) is 36.3 Å². The lowest BCUT2D eigenvalue weighted by Gasteiger charge is -2.36. The maximum Gasteiger partial charge on any atom is 0.274 e. The average molecular weight is 848 g/mol. The van der Waals surface area contributed by atoms with Gasteiger partial charge in [0.25, 0.3) is 15.6 Å². The van der Waals surface area contributed by atoms with Gasteiger partial charge in [0.05, 0.1) is 34.0 Å². The zero-order chi connectivity index (χ0) is 40.5. The molecule has 1 aliphatic heterocycles. The van der Waals surface area contributed by atoms with Gasteiger partial charge < -0.3 is 74.1 Å². The highest BCUT2D eigenvalue weighted by Gasteiger charge is 2.47. The molecule has 0 aliphatic carbocycles. The number of aliphatic hydroxyl groups excluding tert-OH is 3. The molecule has 304 valence electrons. The molecule has 0 spiro atoms. The van der Waals surface area contributed by atoms with Crippen molar-refractivity contribution < 1.29 is 85.6 Å². The number of hydrogen-bond donors (Lipinski definition) is 6. The quantitative estimate of drug-likeness (QED) is 0.0393. The molecule has 2 unspecified atom stereocenters. The number of nitrogens with two attached hydrogens (primary N) is 1. The van der Waals surface area contributed by atoms with Crippen LogP contribution in [0.1, 0.15) is 26.5 Å². The molecular weight excluding hydrogens is 811 g/mol. The predicted octanol–water partition coefficient (Wildman–Crippen LogP) is -4.31. The molecule has 0 radical (unpaired) electrons. The third-order valence-corrected chi connectivity index (χ3v) is 10.9. The zero-order valence-corrected chi connectivity index (χ0v) is 31.7. The van der Waals surface area contributed by atoms with Crippen LogP contribution in [0.4, 0.5) is 5.82 Å². The van der Waals surface area contributed by atoms with E-state index in [4.69, 9.17) is 15.6 Å². The molecule has 0 aromatic carbocycles. The number of nitrogens with one attached hydrogen (secondary N) is 2. The van der Waals surface area contributed by atoms with Crippen molar-refractivity contribution in [1.29, 1.82) is 0 Å². The van der Waals surface area contributed by atoms with E-state index in [-0.39, 0.29) is 54.0 Å². The van der Waals surface area contributed by atoms with Crippen molar-refractivity contribution in [2.75, 3.05) is 44.4 Å². The molecule has 3 rings (SSSR count). The van der Waals surface area contributed by atoms with Crippen LogP contribution in [0.2, 0.25) is 0 Å². The van der Waals surface area contributed by atoms with Crippen LogP contribution in [-0.4, -0.2) is 115 Å². The second-order valence-electron chi connectivity index (χ2n) is 11.7. The number of aliphatic hydroxyl groups is 3. The third-order valence-electron chi connectivity index (χ3n) is 7.08. The Bertz CT molecular complexity index is 1810. The fraction of sp³-hybridized carbons (Fsp3) is 0.600. The summed E-state index contributed by atoms with van der Waals surface area (Å²) in [4.78, 5) is 95.2. The summed E-state index contributed by atoms with van der Waals surface area (Å²) in [6, 6.07) is 0. The topological polar surface area (TPSA) is 395 Å². The van der Waals surface area contributed by atoms with Gasteiger partial charge in [-0.3, -0.25) is 28.1 Å². The van der Waals surface area contributed by atoms with E-state index >= 15 is 0 Å². The van der Waals surface area contributed by atoms with Gasteiger partial charge in [-0.25, -0.2) is 19.3 Å². The molecule has 2 aromatic heterocycles. The summed E-state index contributed by atoms with van der Waals surface area (Å²) in [5.41, 5.74) is 4.03. The Morgan fingerprint density at radius 2 is 1.80 bits per heavy atom. The number of aromatic nitrogens is 4. The molecule has 1 fully saturated rings. The summed E-state index contributed by atoms with van der Waals surface area (Å²) in [7, 11) is -17.6. The number of phosphoric acid groups is 3. The second kappa shape index (κ2) is 19.4. The van der Waals surface area contributed by atoms with E-state index in [2.05, 4.69) is 43.5 Å². The number of amides is 2. The van der Waals surface area contributed by atoms with Gasteiger partial charge in [-0.2, -0.15) is 0 Å². The van der Waals surface area contributed by atoms with Crippen LogP contribution in [0.3, 0.4) is 0 Å². The van der Waals surface area contributed by atoms with Crippen molar-refractivity contribution in [2.45, 2.75) is 50.9 Å². The summed E-state index contributed by atoms with van der Waals surface area (Å²) in [6.07, 6.45) is -5.23. The van der Waals surface area contributed by atoms with Gasteiger partial charge >= 0.3 is 0 Å². The van der Waals surface area contributed by atoms with E-state index in [9.17, 15) is 57.9 Å².